The summed E-state index contributed by atoms with van der Waals surface area (Å²) in [6.07, 6.45) is 5.52. The molecular weight excluding hydrogens is 336 g/mol. The molecule has 0 saturated carbocycles. The van der Waals surface area contributed by atoms with Gasteiger partial charge in [-0.15, -0.1) is 0 Å². The summed E-state index contributed by atoms with van der Waals surface area (Å²) < 4.78 is 4.77. The summed E-state index contributed by atoms with van der Waals surface area (Å²) in [6.45, 7) is 0. The first-order valence-electron chi connectivity index (χ1n) is 4.83. The van der Waals surface area contributed by atoms with Crippen molar-refractivity contribution < 1.29 is 24.0 Å². The lowest BCUT2D eigenvalue weighted by molar-refractivity contribution is -0.616. The van der Waals surface area contributed by atoms with Gasteiger partial charge in [-0.1, -0.05) is 18.2 Å². The number of carbonyl (C=O) groups excluding carboxylic acids is 3. The highest BCUT2D eigenvalue weighted by molar-refractivity contribution is 6.97. The van der Waals surface area contributed by atoms with Gasteiger partial charge in [0.15, 0.2) is 5.92 Å². The number of methoxy groups -OCH3 is 1. The molecule has 0 aromatic heterocycles. The average molecular weight is 345 g/mol. The second-order valence-corrected chi connectivity index (χ2v) is 4.35. The zero-order valence-corrected chi connectivity index (χ0v) is 12.2. The third-order valence-corrected chi connectivity index (χ3v) is 2.88. The average Bonchev–Trinajstić information content (AvgIpc) is 2.38. The highest BCUT2D eigenvalue weighted by Crippen LogP contribution is 2.30. The molecule has 0 radical (unpaired) electrons. The third-order valence-electron chi connectivity index (χ3n) is 2.21. The van der Waals surface area contributed by atoms with Gasteiger partial charge in [0.05, 0.1) is 4.92 Å². The molecule has 20 heavy (non-hydrogen) atoms. The Morgan fingerprint density at radius 1 is 1.20 bits per heavy atom. The molecule has 1 rings (SSSR count). The summed E-state index contributed by atoms with van der Waals surface area (Å²) in [4.78, 5) is 40.0. The van der Waals surface area contributed by atoms with E-state index >= 15 is 0 Å². The van der Waals surface area contributed by atoms with Crippen LogP contribution in [0.3, 0.4) is 0 Å². The van der Waals surface area contributed by atoms with Crippen LogP contribution in [-0.4, -0.2) is 33.5 Å². The first-order chi connectivity index (χ1) is 9.19. The van der Waals surface area contributed by atoms with Gasteiger partial charge in [-0.2, -0.15) is 0 Å². The molecule has 0 aliphatic heterocycles. The summed E-state index contributed by atoms with van der Waals surface area (Å²) in [5, 5.41) is 7.71. The lowest BCUT2D eigenvalue weighted by Gasteiger charge is -2.25. The van der Waals surface area contributed by atoms with Crippen LogP contribution in [0.15, 0.2) is 24.3 Å². The predicted octanol–water partition coefficient (Wildman–Crippen LogP) is 1.63. The maximum Gasteiger partial charge on any atom is 0.359 e. The molecule has 2 atom stereocenters. The lowest BCUT2D eigenvalue weighted by atomic mass is 9.92. The SMILES string of the molecule is COC1([N+](=O)[O-])C=CC=CC1C(=O)Cl.O=C(Cl)C(=O)Cl. The minimum atomic E-state index is -1.87. The first kappa shape index (κ1) is 18.7. The Kier molecular flexibility index (Phi) is 7.59. The van der Waals surface area contributed by atoms with Crippen LogP contribution in [0.2, 0.25) is 0 Å². The van der Waals surface area contributed by atoms with Crippen molar-refractivity contribution in [3.8, 4) is 0 Å². The van der Waals surface area contributed by atoms with Gasteiger partial charge in [0.25, 0.3) is 0 Å². The van der Waals surface area contributed by atoms with Crippen LogP contribution in [0.1, 0.15) is 0 Å². The molecule has 10 heteroatoms. The molecule has 1 aliphatic carbocycles. The van der Waals surface area contributed by atoms with Gasteiger partial charge >= 0.3 is 16.2 Å². The van der Waals surface area contributed by atoms with Gasteiger partial charge in [-0.25, -0.2) is 0 Å². The van der Waals surface area contributed by atoms with E-state index in [1.54, 1.807) is 0 Å². The Morgan fingerprint density at radius 3 is 1.95 bits per heavy atom. The van der Waals surface area contributed by atoms with E-state index in [1.165, 1.54) is 31.4 Å². The molecule has 0 aromatic carbocycles. The maximum absolute atomic E-state index is 11.0. The highest BCUT2D eigenvalue weighted by atomic mass is 35.5. The summed E-state index contributed by atoms with van der Waals surface area (Å²) in [5.74, 6) is -1.09. The largest absolute Gasteiger partial charge is 0.359 e. The number of hydrogen-bond donors (Lipinski definition) is 0. The van der Waals surface area contributed by atoms with Crippen LogP contribution in [0.25, 0.3) is 0 Å². The van der Waals surface area contributed by atoms with E-state index in [0.29, 0.717) is 0 Å². The van der Waals surface area contributed by atoms with E-state index in [9.17, 15) is 24.5 Å². The maximum atomic E-state index is 11.0. The summed E-state index contributed by atoms with van der Waals surface area (Å²) in [6, 6.07) is 0. The molecule has 0 amide bonds. The quantitative estimate of drug-likeness (QED) is 0.252. The van der Waals surface area contributed by atoms with Gasteiger partial charge in [-0.05, 0) is 34.8 Å². The van der Waals surface area contributed by atoms with Crippen molar-refractivity contribution >= 4 is 50.5 Å². The number of carbonyl (C=O) groups is 3. The van der Waals surface area contributed by atoms with Crippen LogP contribution >= 0.6 is 34.8 Å². The smallest absolute Gasteiger partial charge is 0.314 e. The minimum absolute atomic E-state index is 0.669. The Bertz CT molecular complexity index is 477. The molecule has 0 aromatic rings. The van der Waals surface area contributed by atoms with E-state index in [4.69, 9.17) is 16.3 Å². The van der Waals surface area contributed by atoms with Crippen LogP contribution in [0.4, 0.5) is 0 Å². The fraction of sp³-hybridized carbons (Fsp3) is 0.300. The molecule has 0 fully saturated rings. The number of rotatable bonds is 4. The number of nitrogens with zero attached hydrogens (tertiary/aromatic N) is 1. The Balaban J connectivity index is 0.000000511. The highest BCUT2D eigenvalue weighted by Gasteiger charge is 2.52. The Labute approximate surface area is 128 Å². The zero-order valence-electron chi connectivity index (χ0n) is 9.92. The summed E-state index contributed by atoms with van der Waals surface area (Å²) in [5.41, 5.74) is -1.87. The normalized spacial score (nSPS) is 23.5. The number of hydrogen-bond acceptors (Lipinski definition) is 6. The van der Waals surface area contributed by atoms with Gasteiger partial charge in [0, 0.05) is 13.2 Å². The van der Waals surface area contributed by atoms with Gasteiger partial charge in [0.2, 0.25) is 5.24 Å². The fourth-order valence-electron chi connectivity index (χ4n) is 1.29. The monoisotopic (exact) mass is 343 g/mol. The molecule has 0 bridgehead atoms. The minimum Gasteiger partial charge on any atom is -0.314 e. The summed E-state index contributed by atoms with van der Waals surface area (Å²) in [7, 11) is 1.17. The van der Waals surface area contributed by atoms with Crippen LogP contribution in [0, 0.1) is 16.0 Å². The van der Waals surface area contributed by atoms with Crippen LogP contribution in [0.5, 0.6) is 0 Å². The fourth-order valence-corrected chi connectivity index (χ4v) is 1.52. The molecule has 110 valence electrons. The lowest BCUT2D eigenvalue weighted by Crippen LogP contribution is -2.48. The van der Waals surface area contributed by atoms with Gasteiger partial charge in [-0.3, -0.25) is 24.5 Å². The van der Waals surface area contributed by atoms with Crippen molar-refractivity contribution in [2.45, 2.75) is 5.72 Å². The molecular formula is C10H8Cl3NO6. The van der Waals surface area contributed by atoms with Gasteiger partial charge in [0.1, 0.15) is 0 Å². The predicted molar refractivity (Wildman–Crippen MR) is 71.1 cm³/mol. The van der Waals surface area contributed by atoms with E-state index in [-0.39, 0.29) is 0 Å². The van der Waals surface area contributed by atoms with E-state index in [1.807, 2.05) is 0 Å². The number of halogens is 3. The first-order valence-corrected chi connectivity index (χ1v) is 5.96. The van der Waals surface area contributed by atoms with Crippen molar-refractivity contribution in [1.82, 2.24) is 0 Å². The molecule has 7 nitrogen and oxygen atoms in total. The van der Waals surface area contributed by atoms with Crippen molar-refractivity contribution in [2.75, 3.05) is 7.11 Å². The third kappa shape index (κ3) is 4.68. The van der Waals surface area contributed by atoms with E-state index in [0.717, 1.165) is 0 Å². The zero-order chi connectivity index (χ0) is 15.9. The van der Waals surface area contributed by atoms with Crippen LogP contribution in [-0.2, 0) is 19.1 Å². The molecule has 1 aliphatic rings. The Hall–Kier alpha value is -1.28. The Morgan fingerprint density at radius 2 is 1.70 bits per heavy atom. The van der Waals surface area contributed by atoms with Crippen molar-refractivity contribution in [3.63, 3.8) is 0 Å². The standard InChI is InChI=1S/C8H8ClNO4.C2Cl2O2/c1-14-8(10(12)13)5-3-2-4-6(8)7(9)11;3-1(5)2(4)6/h2-6H,1H3;. The van der Waals surface area contributed by atoms with Crippen molar-refractivity contribution in [2.24, 2.45) is 5.92 Å². The van der Waals surface area contributed by atoms with E-state index in [2.05, 4.69) is 23.2 Å². The number of ether oxygens (including phenoxy) is 1. The topological polar surface area (TPSA) is 104 Å². The van der Waals surface area contributed by atoms with Crippen molar-refractivity contribution in [1.29, 1.82) is 0 Å². The molecule has 0 heterocycles. The molecule has 0 spiro atoms. The molecule has 0 saturated heterocycles. The van der Waals surface area contributed by atoms with Crippen LogP contribution < -0.4 is 0 Å². The molecule has 2 unspecified atom stereocenters. The molecule has 0 N–H and O–H groups in total. The number of allylic oxidation sites excluding steroid dienone is 2. The summed E-state index contributed by atoms with van der Waals surface area (Å²) >= 11 is 14.2. The van der Waals surface area contributed by atoms with Crippen molar-refractivity contribution in [3.05, 3.63) is 34.4 Å². The second kappa shape index (κ2) is 8.11. The van der Waals surface area contributed by atoms with Gasteiger partial charge < -0.3 is 4.74 Å². The second-order valence-electron chi connectivity index (χ2n) is 3.29. The van der Waals surface area contributed by atoms with E-state index < -0.39 is 32.3 Å². The number of nitro groups is 1.